The van der Waals surface area contributed by atoms with Crippen LogP contribution in [0.3, 0.4) is 0 Å². The fraction of sp³-hybridized carbons (Fsp3) is 0.400. The molecule has 3 nitrogen and oxygen atoms in total. The van der Waals surface area contributed by atoms with E-state index in [0.29, 0.717) is 0 Å². The summed E-state index contributed by atoms with van der Waals surface area (Å²) in [6, 6.07) is 7.22. The average Bonchev–Trinajstić information content (AvgIpc) is 3.32. The molecule has 2 fully saturated rings. The Labute approximate surface area is 141 Å². The monoisotopic (exact) mass is 324 g/mol. The Kier molecular flexibility index (Phi) is 3.83. The van der Waals surface area contributed by atoms with E-state index in [9.17, 15) is 9.18 Å². The van der Waals surface area contributed by atoms with Gasteiger partial charge in [-0.2, -0.15) is 0 Å². The van der Waals surface area contributed by atoms with Gasteiger partial charge in [-0.15, -0.1) is 0 Å². The number of anilines is 1. The lowest BCUT2D eigenvalue weighted by atomic mass is 9.72. The number of rotatable bonds is 4. The number of benzene rings is 1. The minimum atomic E-state index is -0.359. The van der Waals surface area contributed by atoms with E-state index in [1.54, 1.807) is 6.20 Å². The van der Waals surface area contributed by atoms with Crippen molar-refractivity contribution in [1.29, 1.82) is 0 Å². The highest BCUT2D eigenvalue weighted by molar-refractivity contribution is 5.94. The van der Waals surface area contributed by atoms with E-state index < -0.39 is 0 Å². The lowest BCUT2D eigenvalue weighted by Gasteiger charge is -2.34. The normalized spacial score (nSPS) is 22.8. The molecular formula is C20H21FN2O. The standard InChI is InChI=1S/C20H21FN2O/c1-12-2-5-18(9-19(12)16-8-17(21)11-22-10-16)23-20(24)15-6-14(7-15)13-3-4-13/h2,5,8-11,13-15H,3-4,6-7H2,1H3,(H,23,24)/t14-,15-. The highest BCUT2D eigenvalue weighted by atomic mass is 19.1. The molecule has 124 valence electrons. The van der Waals surface area contributed by atoms with Gasteiger partial charge < -0.3 is 5.32 Å². The number of aryl methyl sites for hydroxylation is 1. The Hall–Kier alpha value is -2.23. The van der Waals surface area contributed by atoms with Crippen molar-refractivity contribution in [2.75, 3.05) is 5.32 Å². The third-order valence-electron chi connectivity index (χ3n) is 5.35. The van der Waals surface area contributed by atoms with Crippen molar-refractivity contribution < 1.29 is 9.18 Å². The number of hydrogen-bond donors (Lipinski definition) is 1. The molecule has 24 heavy (non-hydrogen) atoms. The summed E-state index contributed by atoms with van der Waals surface area (Å²) in [5.41, 5.74) is 3.41. The highest BCUT2D eigenvalue weighted by Gasteiger charge is 2.42. The SMILES string of the molecule is Cc1ccc(NC(=O)[C@H]2C[C@H](C3CC3)C2)cc1-c1cncc(F)c1. The van der Waals surface area contributed by atoms with Crippen LogP contribution in [0.4, 0.5) is 10.1 Å². The summed E-state index contributed by atoms with van der Waals surface area (Å²) in [7, 11) is 0. The van der Waals surface area contributed by atoms with Crippen molar-refractivity contribution in [2.24, 2.45) is 17.8 Å². The summed E-state index contributed by atoms with van der Waals surface area (Å²) in [6.45, 7) is 1.97. The molecule has 2 aliphatic carbocycles. The molecule has 0 saturated heterocycles. The third kappa shape index (κ3) is 3.05. The Morgan fingerprint density at radius 3 is 2.67 bits per heavy atom. The minimum absolute atomic E-state index is 0.110. The van der Waals surface area contributed by atoms with Crippen LogP contribution in [-0.2, 0) is 4.79 Å². The van der Waals surface area contributed by atoms with Crippen LogP contribution >= 0.6 is 0 Å². The molecular weight excluding hydrogens is 303 g/mol. The summed E-state index contributed by atoms with van der Waals surface area (Å²) in [5, 5.41) is 3.02. The molecule has 1 amide bonds. The van der Waals surface area contributed by atoms with Gasteiger partial charge in [-0.25, -0.2) is 4.39 Å². The van der Waals surface area contributed by atoms with Crippen molar-refractivity contribution in [2.45, 2.75) is 32.6 Å². The topological polar surface area (TPSA) is 42.0 Å². The fourth-order valence-electron chi connectivity index (χ4n) is 3.64. The van der Waals surface area contributed by atoms with Gasteiger partial charge in [0.1, 0.15) is 5.82 Å². The Bertz CT molecular complexity index is 779. The smallest absolute Gasteiger partial charge is 0.227 e. The van der Waals surface area contributed by atoms with Gasteiger partial charge in [-0.1, -0.05) is 6.07 Å². The quantitative estimate of drug-likeness (QED) is 0.895. The predicted octanol–water partition coefficient (Wildman–Crippen LogP) is 4.57. The highest BCUT2D eigenvalue weighted by Crippen LogP contribution is 2.49. The first-order valence-electron chi connectivity index (χ1n) is 8.62. The molecule has 0 radical (unpaired) electrons. The molecule has 1 heterocycles. The summed E-state index contributed by atoms with van der Waals surface area (Å²) in [6.07, 6.45) is 7.59. The van der Waals surface area contributed by atoms with Gasteiger partial charge >= 0.3 is 0 Å². The Morgan fingerprint density at radius 1 is 1.17 bits per heavy atom. The number of carbonyl (C=O) groups is 1. The molecule has 0 atom stereocenters. The van der Waals surface area contributed by atoms with Crippen LogP contribution in [0.5, 0.6) is 0 Å². The zero-order valence-corrected chi connectivity index (χ0v) is 13.8. The number of aromatic nitrogens is 1. The van der Waals surface area contributed by atoms with E-state index in [2.05, 4.69) is 10.3 Å². The molecule has 2 saturated carbocycles. The van der Waals surface area contributed by atoms with Crippen LogP contribution in [0.1, 0.15) is 31.2 Å². The van der Waals surface area contributed by atoms with Crippen molar-refractivity contribution >= 4 is 11.6 Å². The number of halogens is 1. The zero-order valence-electron chi connectivity index (χ0n) is 13.8. The van der Waals surface area contributed by atoms with E-state index in [0.717, 1.165) is 47.1 Å². The first-order valence-corrected chi connectivity index (χ1v) is 8.62. The van der Waals surface area contributed by atoms with Crippen LogP contribution in [0.25, 0.3) is 11.1 Å². The van der Waals surface area contributed by atoms with Crippen molar-refractivity contribution in [3.8, 4) is 11.1 Å². The second-order valence-corrected chi connectivity index (χ2v) is 7.18. The van der Waals surface area contributed by atoms with E-state index >= 15 is 0 Å². The first-order chi connectivity index (χ1) is 11.6. The van der Waals surface area contributed by atoms with E-state index in [1.165, 1.54) is 25.1 Å². The molecule has 4 heteroatoms. The van der Waals surface area contributed by atoms with Gasteiger partial charge in [0.05, 0.1) is 6.20 Å². The van der Waals surface area contributed by atoms with E-state index in [1.807, 2.05) is 25.1 Å². The Balaban J connectivity index is 1.48. The van der Waals surface area contributed by atoms with Gasteiger partial charge in [0.2, 0.25) is 5.91 Å². The molecule has 0 spiro atoms. The van der Waals surface area contributed by atoms with E-state index in [4.69, 9.17) is 0 Å². The molecule has 1 N–H and O–H groups in total. The van der Waals surface area contributed by atoms with E-state index in [-0.39, 0.29) is 17.6 Å². The van der Waals surface area contributed by atoms with Crippen LogP contribution in [0, 0.1) is 30.5 Å². The van der Waals surface area contributed by atoms with Gasteiger partial charge in [0, 0.05) is 23.4 Å². The number of hydrogen-bond acceptors (Lipinski definition) is 2. The largest absolute Gasteiger partial charge is 0.326 e. The number of amides is 1. The molecule has 1 aromatic carbocycles. The van der Waals surface area contributed by atoms with Crippen LogP contribution < -0.4 is 5.32 Å². The minimum Gasteiger partial charge on any atom is -0.326 e. The van der Waals surface area contributed by atoms with Crippen molar-refractivity contribution in [3.05, 3.63) is 48.0 Å². The summed E-state index contributed by atoms with van der Waals surface area (Å²) in [5.74, 6) is 1.56. The summed E-state index contributed by atoms with van der Waals surface area (Å²) in [4.78, 5) is 16.3. The summed E-state index contributed by atoms with van der Waals surface area (Å²) >= 11 is 0. The molecule has 1 aromatic heterocycles. The van der Waals surface area contributed by atoms with Crippen molar-refractivity contribution in [1.82, 2.24) is 4.98 Å². The van der Waals surface area contributed by atoms with Crippen LogP contribution in [0.2, 0.25) is 0 Å². The number of nitrogens with one attached hydrogen (secondary N) is 1. The van der Waals surface area contributed by atoms with Gasteiger partial charge in [0.25, 0.3) is 0 Å². The second-order valence-electron chi connectivity index (χ2n) is 7.18. The first kappa shape index (κ1) is 15.3. The summed E-state index contributed by atoms with van der Waals surface area (Å²) < 4.78 is 13.4. The molecule has 0 bridgehead atoms. The molecule has 2 aromatic rings. The van der Waals surface area contributed by atoms with Gasteiger partial charge in [0.15, 0.2) is 0 Å². The molecule has 0 aliphatic heterocycles. The molecule has 0 unspecified atom stereocenters. The van der Waals surface area contributed by atoms with Gasteiger partial charge in [-0.05, 0) is 73.8 Å². The third-order valence-corrected chi connectivity index (χ3v) is 5.35. The molecule has 2 aliphatic rings. The van der Waals surface area contributed by atoms with Crippen LogP contribution in [-0.4, -0.2) is 10.9 Å². The number of pyridine rings is 1. The fourth-order valence-corrected chi connectivity index (χ4v) is 3.64. The van der Waals surface area contributed by atoms with Gasteiger partial charge in [-0.3, -0.25) is 9.78 Å². The Morgan fingerprint density at radius 2 is 1.96 bits per heavy atom. The maximum Gasteiger partial charge on any atom is 0.227 e. The lowest BCUT2D eigenvalue weighted by molar-refractivity contribution is -0.124. The van der Waals surface area contributed by atoms with Crippen LogP contribution in [0.15, 0.2) is 36.7 Å². The predicted molar refractivity (Wildman–Crippen MR) is 91.9 cm³/mol. The maximum atomic E-state index is 13.4. The second kappa shape index (κ2) is 6.00. The molecule has 4 rings (SSSR count). The average molecular weight is 324 g/mol. The van der Waals surface area contributed by atoms with Crippen molar-refractivity contribution in [3.63, 3.8) is 0 Å². The number of carbonyl (C=O) groups excluding carboxylic acids is 1. The number of nitrogens with zero attached hydrogens (tertiary/aromatic N) is 1. The lowest BCUT2D eigenvalue weighted by Crippen LogP contribution is -2.35. The zero-order chi connectivity index (χ0) is 16.7. The maximum absolute atomic E-state index is 13.4.